The Bertz CT molecular complexity index is 236. The van der Waals surface area contributed by atoms with E-state index in [1.807, 2.05) is 11.8 Å². The van der Waals surface area contributed by atoms with Crippen molar-refractivity contribution in [1.29, 1.82) is 0 Å². The van der Waals surface area contributed by atoms with Gasteiger partial charge in [-0.25, -0.2) is 0 Å². The van der Waals surface area contributed by atoms with Crippen LogP contribution in [-0.2, 0) is 4.79 Å². The van der Waals surface area contributed by atoms with Crippen molar-refractivity contribution in [2.24, 2.45) is 11.7 Å². The summed E-state index contributed by atoms with van der Waals surface area (Å²) in [6.07, 6.45) is 4.96. The second-order valence-electron chi connectivity index (χ2n) is 4.42. The normalized spacial score (nSPS) is 19.4. The molecular weight excluding hydrogens is 188 g/mol. The van der Waals surface area contributed by atoms with Crippen molar-refractivity contribution < 1.29 is 4.79 Å². The van der Waals surface area contributed by atoms with Crippen molar-refractivity contribution in [2.75, 3.05) is 6.54 Å². The summed E-state index contributed by atoms with van der Waals surface area (Å²) in [5.74, 6) is 0.343. The van der Waals surface area contributed by atoms with E-state index in [0.29, 0.717) is 12.6 Å². The molecule has 0 aliphatic heterocycles. The Morgan fingerprint density at radius 2 is 2.27 bits per heavy atom. The molecule has 0 spiro atoms. The van der Waals surface area contributed by atoms with Gasteiger partial charge in [-0.15, -0.1) is 6.58 Å². The first-order valence-electron chi connectivity index (χ1n) is 5.78. The third-order valence-electron chi connectivity index (χ3n) is 3.14. The summed E-state index contributed by atoms with van der Waals surface area (Å²) < 4.78 is 0. The summed E-state index contributed by atoms with van der Waals surface area (Å²) in [7, 11) is 0. The number of hydrogen-bond acceptors (Lipinski definition) is 2. The van der Waals surface area contributed by atoms with Gasteiger partial charge in [-0.05, 0) is 18.8 Å². The Labute approximate surface area is 92.3 Å². The van der Waals surface area contributed by atoms with E-state index in [4.69, 9.17) is 5.73 Å². The number of rotatable bonds is 6. The van der Waals surface area contributed by atoms with E-state index in [1.165, 1.54) is 0 Å². The molecule has 0 aromatic rings. The maximum absolute atomic E-state index is 12.1. The zero-order valence-electron chi connectivity index (χ0n) is 9.78. The van der Waals surface area contributed by atoms with Crippen molar-refractivity contribution >= 4 is 5.91 Å². The van der Waals surface area contributed by atoms with Crippen LogP contribution in [0.1, 0.15) is 33.1 Å². The van der Waals surface area contributed by atoms with E-state index in [0.717, 1.165) is 19.3 Å². The molecule has 2 unspecified atom stereocenters. The van der Waals surface area contributed by atoms with Gasteiger partial charge in [0.25, 0.3) is 0 Å². The molecule has 0 aromatic heterocycles. The number of hydrogen-bond donors (Lipinski definition) is 1. The molecule has 0 radical (unpaired) electrons. The third kappa shape index (κ3) is 3.06. The zero-order valence-corrected chi connectivity index (χ0v) is 9.78. The molecule has 2 N–H and O–H groups in total. The van der Waals surface area contributed by atoms with Crippen LogP contribution in [0.2, 0.25) is 0 Å². The minimum atomic E-state index is -0.351. The van der Waals surface area contributed by atoms with Gasteiger partial charge in [-0.2, -0.15) is 0 Å². The minimum Gasteiger partial charge on any atom is -0.335 e. The highest BCUT2D eigenvalue weighted by Gasteiger charge is 2.35. The fourth-order valence-electron chi connectivity index (χ4n) is 1.63. The van der Waals surface area contributed by atoms with Crippen LogP contribution in [0.25, 0.3) is 0 Å². The highest BCUT2D eigenvalue weighted by atomic mass is 16.2. The Kier molecular flexibility index (Phi) is 4.33. The molecule has 0 bridgehead atoms. The lowest BCUT2D eigenvalue weighted by atomic mass is 9.99. The SMILES string of the molecule is C=CCN(C(=O)C(N)C(C)CC)C1CC1. The Balaban J connectivity index is 2.58. The topological polar surface area (TPSA) is 46.3 Å². The Morgan fingerprint density at radius 3 is 2.67 bits per heavy atom. The van der Waals surface area contributed by atoms with Crippen molar-refractivity contribution in [3.8, 4) is 0 Å². The van der Waals surface area contributed by atoms with Gasteiger partial charge in [-0.3, -0.25) is 4.79 Å². The predicted octanol–water partition coefficient (Wildman–Crippen LogP) is 1.54. The van der Waals surface area contributed by atoms with E-state index in [2.05, 4.69) is 13.5 Å². The highest BCUT2D eigenvalue weighted by Crippen LogP contribution is 2.27. The standard InChI is InChI=1S/C12H22N2O/c1-4-8-14(10-6-7-10)12(15)11(13)9(3)5-2/h4,9-11H,1,5-8,13H2,2-3H3. The second-order valence-corrected chi connectivity index (χ2v) is 4.42. The summed E-state index contributed by atoms with van der Waals surface area (Å²) in [4.78, 5) is 13.9. The van der Waals surface area contributed by atoms with Gasteiger partial charge in [0, 0.05) is 12.6 Å². The first-order chi connectivity index (χ1) is 7.11. The van der Waals surface area contributed by atoms with Crippen LogP contribution in [0.4, 0.5) is 0 Å². The van der Waals surface area contributed by atoms with Crippen molar-refractivity contribution in [3.63, 3.8) is 0 Å². The van der Waals surface area contributed by atoms with Gasteiger partial charge in [-0.1, -0.05) is 26.3 Å². The fourth-order valence-corrected chi connectivity index (χ4v) is 1.63. The van der Waals surface area contributed by atoms with Crippen LogP contribution in [0, 0.1) is 5.92 Å². The molecule has 0 heterocycles. The molecule has 2 atom stereocenters. The van der Waals surface area contributed by atoms with Crippen LogP contribution in [0.3, 0.4) is 0 Å². The molecule has 0 aromatic carbocycles. The number of nitrogens with two attached hydrogens (primary N) is 1. The van der Waals surface area contributed by atoms with Crippen LogP contribution in [0.5, 0.6) is 0 Å². The average molecular weight is 210 g/mol. The van der Waals surface area contributed by atoms with Gasteiger partial charge in [0.05, 0.1) is 6.04 Å². The molecule has 3 nitrogen and oxygen atoms in total. The Morgan fingerprint density at radius 1 is 1.67 bits per heavy atom. The molecule has 15 heavy (non-hydrogen) atoms. The first-order valence-corrected chi connectivity index (χ1v) is 5.78. The van der Waals surface area contributed by atoms with Crippen LogP contribution in [-0.4, -0.2) is 29.4 Å². The summed E-state index contributed by atoms with van der Waals surface area (Å²) in [6.45, 7) is 8.41. The molecule has 1 aliphatic rings. The first kappa shape index (κ1) is 12.2. The third-order valence-corrected chi connectivity index (χ3v) is 3.14. The molecule has 1 aliphatic carbocycles. The molecule has 1 saturated carbocycles. The van der Waals surface area contributed by atoms with Crippen molar-refractivity contribution in [3.05, 3.63) is 12.7 Å². The van der Waals surface area contributed by atoms with Crippen molar-refractivity contribution in [2.45, 2.75) is 45.2 Å². The Hall–Kier alpha value is -0.830. The maximum Gasteiger partial charge on any atom is 0.240 e. The quantitative estimate of drug-likeness (QED) is 0.676. The monoisotopic (exact) mass is 210 g/mol. The molecule has 3 heteroatoms. The smallest absolute Gasteiger partial charge is 0.240 e. The molecule has 1 fully saturated rings. The maximum atomic E-state index is 12.1. The van der Waals surface area contributed by atoms with E-state index in [9.17, 15) is 4.79 Å². The van der Waals surface area contributed by atoms with E-state index in [1.54, 1.807) is 6.08 Å². The van der Waals surface area contributed by atoms with Gasteiger partial charge >= 0.3 is 0 Å². The molecule has 1 amide bonds. The van der Waals surface area contributed by atoms with Gasteiger partial charge < -0.3 is 10.6 Å². The van der Waals surface area contributed by atoms with Gasteiger partial charge in [0.15, 0.2) is 0 Å². The van der Waals surface area contributed by atoms with E-state index >= 15 is 0 Å². The van der Waals surface area contributed by atoms with Gasteiger partial charge in [0.2, 0.25) is 5.91 Å². The molecule has 1 rings (SSSR count). The minimum absolute atomic E-state index is 0.0896. The van der Waals surface area contributed by atoms with Crippen LogP contribution < -0.4 is 5.73 Å². The fraction of sp³-hybridized carbons (Fsp3) is 0.750. The molecule has 86 valence electrons. The predicted molar refractivity (Wildman–Crippen MR) is 62.4 cm³/mol. The zero-order chi connectivity index (χ0) is 11.4. The summed E-state index contributed by atoms with van der Waals surface area (Å²) >= 11 is 0. The van der Waals surface area contributed by atoms with Crippen molar-refractivity contribution in [1.82, 2.24) is 4.90 Å². The molecular formula is C12H22N2O. The van der Waals surface area contributed by atoms with Crippen LogP contribution >= 0.6 is 0 Å². The summed E-state index contributed by atoms with van der Waals surface area (Å²) in [5.41, 5.74) is 5.94. The lowest BCUT2D eigenvalue weighted by Gasteiger charge is -2.27. The number of carbonyl (C=O) groups is 1. The number of nitrogens with zero attached hydrogens (tertiary/aromatic N) is 1. The van der Waals surface area contributed by atoms with E-state index in [-0.39, 0.29) is 17.9 Å². The summed E-state index contributed by atoms with van der Waals surface area (Å²) in [6, 6.07) is 0.0705. The molecule has 0 saturated heterocycles. The highest BCUT2D eigenvalue weighted by molar-refractivity contribution is 5.82. The largest absolute Gasteiger partial charge is 0.335 e. The second kappa shape index (κ2) is 5.31. The number of carbonyl (C=O) groups excluding carboxylic acids is 1. The lowest BCUT2D eigenvalue weighted by Crippen LogP contribution is -2.48. The van der Waals surface area contributed by atoms with E-state index < -0.39 is 0 Å². The number of amides is 1. The lowest BCUT2D eigenvalue weighted by molar-refractivity contribution is -0.133. The van der Waals surface area contributed by atoms with Crippen LogP contribution in [0.15, 0.2) is 12.7 Å². The summed E-state index contributed by atoms with van der Waals surface area (Å²) in [5, 5.41) is 0. The average Bonchev–Trinajstić information content (AvgIpc) is 3.06. The van der Waals surface area contributed by atoms with Gasteiger partial charge in [0.1, 0.15) is 0 Å².